The molecule has 0 atom stereocenters. The second kappa shape index (κ2) is 5.17. The lowest BCUT2D eigenvalue weighted by atomic mass is 9.73. The minimum atomic E-state index is 0. The first-order valence-corrected chi connectivity index (χ1v) is 5.67. The van der Waals surface area contributed by atoms with Crippen LogP contribution in [0.3, 0.4) is 0 Å². The second-order valence-corrected chi connectivity index (χ2v) is 4.82. The van der Waals surface area contributed by atoms with E-state index in [0.29, 0.717) is 11.3 Å². The van der Waals surface area contributed by atoms with E-state index in [1.54, 1.807) is 0 Å². The molecule has 0 saturated carbocycles. The van der Waals surface area contributed by atoms with Crippen molar-refractivity contribution in [3.05, 3.63) is 0 Å². The summed E-state index contributed by atoms with van der Waals surface area (Å²) in [6.45, 7) is 3.23. The summed E-state index contributed by atoms with van der Waals surface area (Å²) in [6.07, 6.45) is 5.59. The molecule has 15 heavy (non-hydrogen) atoms. The molecule has 3 nitrogen and oxygen atoms in total. The molecule has 4 heteroatoms. The van der Waals surface area contributed by atoms with Gasteiger partial charge in [-0.3, -0.25) is 4.79 Å². The van der Waals surface area contributed by atoms with Crippen LogP contribution in [0.5, 0.6) is 0 Å². The second-order valence-electron chi connectivity index (χ2n) is 4.82. The van der Waals surface area contributed by atoms with Crippen LogP contribution in [0.1, 0.15) is 32.1 Å². The van der Waals surface area contributed by atoms with Crippen LogP contribution in [0.2, 0.25) is 0 Å². The standard InChI is InChI=1S/C11H20N2O.ClH/c1-13-9-6-11(3-2-10(13)14)4-7-12-8-5-11;/h12H,2-9H2,1H3;1H. The summed E-state index contributed by atoms with van der Waals surface area (Å²) >= 11 is 0. The number of likely N-dealkylation sites (tertiary alicyclic amines) is 1. The number of piperidine rings is 1. The molecule has 2 aliphatic heterocycles. The Morgan fingerprint density at radius 1 is 1.20 bits per heavy atom. The van der Waals surface area contributed by atoms with Crippen LogP contribution in [0.4, 0.5) is 0 Å². The summed E-state index contributed by atoms with van der Waals surface area (Å²) < 4.78 is 0. The van der Waals surface area contributed by atoms with Crippen molar-refractivity contribution in [2.45, 2.75) is 32.1 Å². The van der Waals surface area contributed by atoms with Gasteiger partial charge in [0.2, 0.25) is 5.91 Å². The zero-order valence-electron chi connectivity index (χ0n) is 9.42. The Kier molecular flexibility index (Phi) is 4.41. The molecule has 2 saturated heterocycles. The summed E-state index contributed by atoms with van der Waals surface area (Å²) in [5.74, 6) is 0.334. The molecule has 0 unspecified atom stereocenters. The molecule has 2 aliphatic rings. The molecule has 2 rings (SSSR count). The molecule has 1 N–H and O–H groups in total. The fraction of sp³-hybridized carbons (Fsp3) is 0.909. The van der Waals surface area contributed by atoms with Crippen molar-refractivity contribution in [1.29, 1.82) is 0 Å². The van der Waals surface area contributed by atoms with Gasteiger partial charge in [0.25, 0.3) is 0 Å². The number of carbonyl (C=O) groups excluding carboxylic acids is 1. The van der Waals surface area contributed by atoms with Gasteiger partial charge in [0, 0.05) is 20.0 Å². The third-order valence-corrected chi connectivity index (χ3v) is 3.94. The number of amides is 1. The molecule has 88 valence electrons. The monoisotopic (exact) mass is 232 g/mol. The van der Waals surface area contributed by atoms with Gasteiger partial charge in [0.1, 0.15) is 0 Å². The predicted octanol–water partition coefficient (Wildman–Crippen LogP) is 1.42. The number of nitrogens with zero attached hydrogens (tertiary/aromatic N) is 1. The van der Waals surface area contributed by atoms with Crippen LogP contribution in [-0.4, -0.2) is 37.5 Å². The van der Waals surface area contributed by atoms with Crippen LogP contribution in [0.15, 0.2) is 0 Å². The summed E-state index contributed by atoms with van der Waals surface area (Å²) in [7, 11) is 1.93. The van der Waals surface area contributed by atoms with Gasteiger partial charge in [-0.15, -0.1) is 12.4 Å². The molecule has 0 radical (unpaired) electrons. The Labute approximate surface area is 98.0 Å². The SMILES string of the molecule is CN1CCC2(CCNCC2)CCC1=O.Cl. The highest BCUT2D eigenvalue weighted by Gasteiger charge is 2.34. The first-order valence-electron chi connectivity index (χ1n) is 5.67. The van der Waals surface area contributed by atoms with Gasteiger partial charge in [0.05, 0.1) is 0 Å². The lowest BCUT2D eigenvalue weighted by molar-refractivity contribution is -0.129. The first-order chi connectivity index (χ1) is 6.72. The van der Waals surface area contributed by atoms with Crippen molar-refractivity contribution >= 4 is 18.3 Å². The van der Waals surface area contributed by atoms with Gasteiger partial charge in [-0.25, -0.2) is 0 Å². The van der Waals surface area contributed by atoms with Gasteiger partial charge < -0.3 is 10.2 Å². The Balaban J connectivity index is 0.00000112. The number of nitrogens with one attached hydrogen (secondary N) is 1. The number of hydrogen-bond donors (Lipinski definition) is 1. The topological polar surface area (TPSA) is 32.3 Å². The predicted molar refractivity (Wildman–Crippen MR) is 63.3 cm³/mol. The maximum Gasteiger partial charge on any atom is 0.222 e. The molecular weight excluding hydrogens is 212 g/mol. The van der Waals surface area contributed by atoms with E-state index in [1.807, 2.05) is 11.9 Å². The summed E-state index contributed by atoms with van der Waals surface area (Å²) in [5.41, 5.74) is 0.478. The molecule has 0 aromatic carbocycles. The maximum absolute atomic E-state index is 11.6. The van der Waals surface area contributed by atoms with E-state index in [0.717, 1.165) is 32.5 Å². The van der Waals surface area contributed by atoms with Crippen molar-refractivity contribution in [2.24, 2.45) is 5.41 Å². The van der Waals surface area contributed by atoms with Crippen molar-refractivity contribution in [2.75, 3.05) is 26.7 Å². The Hall–Kier alpha value is -0.280. The zero-order chi connectivity index (χ0) is 10.0. The molecule has 2 fully saturated rings. The lowest BCUT2D eigenvalue weighted by Gasteiger charge is -2.36. The van der Waals surface area contributed by atoms with Gasteiger partial charge in [-0.05, 0) is 44.2 Å². The molecule has 0 aromatic heterocycles. The van der Waals surface area contributed by atoms with Gasteiger partial charge in [-0.2, -0.15) is 0 Å². The number of carbonyl (C=O) groups is 1. The van der Waals surface area contributed by atoms with Gasteiger partial charge in [-0.1, -0.05) is 0 Å². The third-order valence-electron chi connectivity index (χ3n) is 3.94. The first kappa shape index (κ1) is 12.8. The largest absolute Gasteiger partial charge is 0.346 e. The maximum atomic E-state index is 11.6. The minimum absolute atomic E-state index is 0. The average Bonchev–Trinajstić information content (AvgIpc) is 2.35. The lowest BCUT2D eigenvalue weighted by Crippen LogP contribution is -2.37. The van der Waals surface area contributed by atoms with Crippen molar-refractivity contribution in [3.63, 3.8) is 0 Å². The Morgan fingerprint density at radius 3 is 2.53 bits per heavy atom. The van der Waals surface area contributed by atoms with E-state index < -0.39 is 0 Å². The van der Waals surface area contributed by atoms with Crippen molar-refractivity contribution < 1.29 is 4.79 Å². The van der Waals surface area contributed by atoms with E-state index in [9.17, 15) is 4.79 Å². The number of hydrogen-bond acceptors (Lipinski definition) is 2. The van der Waals surface area contributed by atoms with E-state index in [4.69, 9.17) is 0 Å². The van der Waals surface area contributed by atoms with E-state index in [1.165, 1.54) is 19.3 Å². The van der Waals surface area contributed by atoms with E-state index >= 15 is 0 Å². The Morgan fingerprint density at radius 2 is 1.87 bits per heavy atom. The van der Waals surface area contributed by atoms with E-state index in [-0.39, 0.29) is 12.4 Å². The highest BCUT2D eigenvalue weighted by Crippen LogP contribution is 2.39. The highest BCUT2D eigenvalue weighted by molar-refractivity contribution is 5.85. The molecular formula is C11H21ClN2O. The number of halogens is 1. The summed E-state index contributed by atoms with van der Waals surface area (Å²) in [5, 5.41) is 3.40. The van der Waals surface area contributed by atoms with Crippen molar-refractivity contribution in [3.8, 4) is 0 Å². The number of rotatable bonds is 0. The molecule has 0 bridgehead atoms. The van der Waals surface area contributed by atoms with Crippen LogP contribution < -0.4 is 5.32 Å². The fourth-order valence-corrected chi connectivity index (χ4v) is 2.67. The molecule has 2 heterocycles. The fourth-order valence-electron chi connectivity index (χ4n) is 2.67. The quantitative estimate of drug-likeness (QED) is 0.685. The van der Waals surface area contributed by atoms with Gasteiger partial charge >= 0.3 is 0 Å². The molecule has 1 amide bonds. The normalized spacial score (nSPS) is 25.9. The smallest absolute Gasteiger partial charge is 0.222 e. The summed E-state index contributed by atoms with van der Waals surface area (Å²) in [6, 6.07) is 0. The van der Waals surface area contributed by atoms with Crippen LogP contribution >= 0.6 is 12.4 Å². The Bertz CT molecular complexity index is 227. The van der Waals surface area contributed by atoms with Crippen LogP contribution in [0, 0.1) is 5.41 Å². The van der Waals surface area contributed by atoms with Crippen LogP contribution in [0.25, 0.3) is 0 Å². The average molecular weight is 233 g/mol. The third kappa shape index (κ3) is 2.85. The zero-order valence-corrected chi connectivity index (χ0v) is 10.2. The highest BCUT2D eigenvalue weighted by atomic mass is 35.5. The van der Waals surface area contributed by atoms with E-state index in [2.05, 4.69) is 5.32 Å². The minimum Gasteiger partial charge on any atom is -0.346 e. The molecule has 1 spiro atoms. The van der Waals surface area contributed by atoms with Crippen molar-refractivity contribution in [1.82, 2.24) is 10.2 Å². The van der Waals surface area contributed by atoms with Gasteiger partial charge in [0.15, 0.2) is 0 Å². The summed E-state index contributed by atoms with van der Waals surface area (Å²) in [4.78, 5) is 13.4. The molecule has 0 aromatic rings. The van der Waals surface area contributed by atoms with Crippen LogP contribution in [-0.2, 0) is 4.79 Å². The molecule has 0 aliphatic carbocycles.